The van der Waals surface area contributed by atoms with E-state index in [1.807, 2.05) is 6.07 Å². The molecule has 0 heterocycles. The number of carbonyl (C=O) groups is 2. The van der Waals surface area contributed by atoms with Crippen molar-refractivity contribution >= 4 is 11.9 Å². The number of amides is 1. The van der Waals surface area contributed by atoms with Crippen molar-refractivity contribution in [2.45, 2.75) is 12.5 Å². The largest absolute Gasteiger partial charge is 0.497 e. The number of methoxy groups -OCH3 is 2. The number of benzene rings is 2. The molecule has 0 bridgehead atoms. The first kappa shape index (κ1) is 17.5. The molecule has 0 unspecified atom stereocenters. The van der Waals surface area contributed by atoms with Crippen LogP contribution in [0.15, 0.2) is 48.5 Å². The van der Waals surface area contributed by atoms with Crippen LogP contribution in [0.25, 0.3) is 0 Å². The van der Waals surface area contributed by atoms with Gasteiger partial charge in [-0.05, 0) is 35.9 Å². The van der Waals surface area contributed by atoms with Gasteiger partial charge in [0.05, 0.1) is 14.2 Å². The van der Waals surface area contributed by atoms with Gasteiger partial charge in [-0.15, -0.1) is 0 Å². The van der Waals surface area contributed by atoms with Crippen molar-refractivity contribution in [1.29, 1.82) is 0 Å². The molecule has 0 saturated carbocycles. The molecule has 0 aliphatic carbocycles. The molecule has 0 aliphatic heterocycles. The minimum Gasteiger partial charge on any atom is -0.497 e. The van der Waals surface area contributed by atoms with Gasteiger partial charge in [0, 0.05) is 12.0 Å². The molecule has 0 aromatic heterocycles. The summed E-state index contributed by atoms with van der Waals surface area (Å²) in [4.78, 5) is 24.2. The molecule has 1 amide bonds. The Morgan fingerprint density at radius 3 is 2.54 bits per heavy atom. The highest BCUT2D eigenvalue weighted by molar-refractivity contribution is 5.96. The number of carbonyl (C=O) groups excluding carboxylic acids is 2. The summed E-state index contributed by atoms with van der Waals surface area (Å²) >= 11 is 0. The van der Waals surface area contributed by atoms with Crippen LogP contribution in [0.3, 0.4) is 0 Å². The predicted octanol–water partition coefficient (Wildman–Crippen LogP) is 2.35. The average Bonchev–Trinajstić information content (AvgIpc) is 2.60. The molecule has 0 fully saturated rings. The first-order chi connectivity index (χ1) is 11.5. The third-order valence-corrected chi connectivity index (χ3v) is 3.45. The Labute approximate surface area is 139 Å². The quantitative estimate of drug-likeness (QED) is 0.825. The number of nitrogens with one attached hydrogen (secondary N) is 1. The van der Waals surface area contributed by atoms with Crippen LogP contribution < -0.4 is 10.1 Å². The zero-order valence-corrected chi connectivity index (χ0v) is 13.4. The van der Waals surface area contributed by atoms with E-state index < -0.39 is 23.7 Å². The van der Waals surface area contributed by atoms with Crippen molar-refractivity contribution in [3.8, 4) is 5.75 Å². The van der Waals surface area contributed by atoms with Gasteiger partial charge in [-0.1, -0.05) is 18.2 Å². The lowest BCUT2D eigenvalue weighted by atomic mass is 10.0. The summed E-state index contributed by atoms with van der Waals surface area (Å²) in [6, 6.07) is 11.5. The van der Waals surface area contributed by atoms with Gasteiger partial charge in [-0.3, -0.25) is 4.79 Å². The fourth-order valence-corrected chi connectivity index (χ4v) is 2.24. The Morgan fingerprint density at radius 1 is 1.12 bits per heavy atom. The first-order valence-corrected chi connectivity index (χ1v) is 7.30. The number of ether oxygens (including phenoxy) is 2. The molecule has 0 aliphatic rings. The summed E-state index contributed by atoms with van der Waals surface area (Å²) in [6.07, 6.45) is 0.227. The van der Waals surface area contributed by atoms with Crippen LogP contribution in [0, 0.1) is 5.82 Å². The summed E-state index contributed by atoms with van der Waals surface area (Å²) in [5, 5.41) is 2.58. The van der Waals surface area contributed by atoms with Crippen molar-refractivity contribution in [2.75, 3.05) is 14.2 Å². The van der Waals surface area contributed by atoms with Gasteiger partial charge in [0.25, 0.3) is 5.91 Å². The predicted molar refractivity (Wildman–Crippen MR) is 86.4 cm³/mol. The van der Waals surface area contributed by atoms with Crippen LogP contribution >= 0.6 is 0 Å². The van der Waals surface area contributed by atoms with Crippen LogP contribution in [0.4, 0.5) is 4.39 Å². The standard InChI is InChI=1S/C18H18FNO4/c1-23-15-8-3-5-12(9-15)10-16(18(22)24-2)20-17(21)13-6-4-7-14(19)11-13/h3-9,11,16H,10H2,1-2H3,(H,20,21)/t16-/m0/s1. The van der Waals surface area contributed by atoms with Crippen molar-refractivity contribution in [1.82, 2.24) is 5.32 Å². The second-order valence-electron chi connectivity index (χ2n) is 5.12. The molecule has 1 N–H and O–H groups in total. The highest BCUT2D eigenvalue weighted by Gasteiger charge is 2.23. The maximum Gasteiger partial charge on any atom is 0.328 e. The van der Waals surface area contributed by atoms with Gasteiger partial charge in [0.2, 0.25) is 0 Å². The normalized spacial score (nSPS) is 11.5. The molecule has 5 nitrogen and oxygen atoms in total. The van der Waals surface area contributed by atoms with Gasteiger partial charge >= 0.3 is 5.97 Å². The Morgan fingerprint density at radius 2 is 1.88 bits per heavy atom. The van der Waals surface area contributed by atoms with Crippen molar-refractivity contribution in [3.63, 3.8) is 0 Å². The van der Waals surface area contributed by atoms with E-state index in [1.54, 1.807) is 25.3 Å². The molecule has 0 radical (unpaired) electrons. The SMILES string of the molecule is COC(=O)[C@H](Cc1cccc(OC)c1)NC(=O)c1cccc(F)c1. The van der Waals surface area contributed by atoms with Gasteiger partial charge in [-0.25, -0.2) is 9.18 Å². The van der Waals surface area contributed by atoms with E-state index in [4.69, 9.17) is 9.47 Å². The summed E-state index contributed by atoms with van der Waals surface area (Å²) in [6.45, 7) is 0. The minimum atomic E-state index is -0.891. The van der Waals surface area contributed by atoms with Crippen molar-refractivity contribution in [3.05, 3.63) is 65.5 Å². The van der Waals surface area contributed by atoms with E-state index in [9.17, 15) is 14.0 Å². The first-order valence-electron chi connectivity index (χ1n) is 7.30. The second kappa shape index (κ2) is 8.10. The van der Waals surface area contributed by atoms with E-state index >= 15 is 0 Å². The van der Waals surface area contributed by atoms with Gasteiger partial charge in [-0.2, -0.15) is 0 Å². The fraction of sp³-hybridized carbons (Fsp3) is 0.222. The molecule has 1 atom stereocenters. The fourth-order valence-electron chi connectivity index (χ4n) is 2.24. The molecule has 126 valence electrons. The van der Waals surface area contributed by atoms with Crippen LogP contribution in [0.2, 0.25) is 0 Å². The van der Waals surface area contributed by atoms with Crippen LogP contribution in [-0.2, 0) is 16.0 Å². The third kappa shape index (κ3) is 4.55. The molecular formula is C18H18FNO4. The lowest BCUT2D eigenvalue weighted by molar-refractivity contribution is -0.142. The number of hydrogen-bond donors (Lipinski definition) is 1. The van der Waals surface area contributed by atoms with Gasteiger partial charge in [0.1, 0.15) is 17.6 Å². The summed E-state index contributed by atoms with van der Waals surface area (Å²) in [5.41, 5.74) is 0.929. The average molecular weight is 331 g/mol. The molecule has 2 aromatic carbocycles. The molecule has 2 rings (SSSR count). The zero-order chi connectivity index (χ0) is 17.5. The number of rotatable bonds is 6. The topological polar surface area (TPSA) is 64.6 Å². The van der Waals surface area contributed by atoms with Crippen LogP contribution in [-0.4, -0.2) is 32.1 Å². The Bertz CT molecular complexity index is 732. The van der Waals surface area contributed by atoms with E-state index in [0.29, 0.717) is 5.75 Å². The smallest absolute Gasteiger partial charge is 0.328 e. The molecular weight excluding hydrogens is 313 g/mol. The highest BCUT2D eigenvalue weighted by Crippen LogP contribution is 2.15. The van der Waals surface area contributed by atoms with Crippen molar-refractivity contribution in [2.24, 2.45) is 0 Å². The molecule has 6 heteroatoms. The monoisotopic (exact) mass is 331 g/mol. The minimum absolute atomic E-state index is 0.134. The maximum atomic E-state index is 13.2. The molecule has 0 spiro atoms. The van der Waals surface area contributed by atoms with Gasteiger partial charge in [0.15, 0.2) is 0 Å². The Kier molecular flexibility index (Phi) is 5.89. The van der Waals surface area contributed by atoms with Crippen molar-refractivity contribution < 1.29 is 23.5 Å². The summed E-state index contributed by atoms with van der Waals surface area (Å²) in [5.74, 6) is -1.01. The number of hydrogen-bond acceptors (Lipinski definition) is 4. The van der Waals surface area contributed by atoms with Crippen LogP contribution in [0.5, 0.6) is 5.75 Å². The Hall–Kier alpha value is -2.89. The van der Waals surface area contributed by atoms with Crippen LogP contribution in [0.1, 0.15) is 15.9 Å². The van der Waals surface area contributed by atoms with E-state index in [1.165, 1.54) is 25.3 Å². The van der Waals surface area contributed by atoms with Gasteiger partial charge < -0.3 is 14.8 Å². The highest BCUT2D eigenvalue weighted by atomic mass is 19.1. The zero-order valence-electron chi connectivity index (χ0n) is 13.4. The summed E-state index contributed by atoms with van der Waals surface area (Å²) < 4.78 is 23.1. The van der Waals surface area contributed by atoms with E-state index in [0.717, 1.165) is 11.6 Å². The lowest BCUT2D eigenvalue weighted by Gasteiger charge is -2.17. The third-order valence-electron chi connectivity index (χ3n) is 3.45. The summed E-state index contributed by atoms with van der Waals surface area (Å²) in [7, 11) is 2.79. The number of esters is 1. The van der Waals surface area contributed by atoms with E-state index in [-0.39, 0.29) is 12.0 Å². The molecule has 24 heavy (non-hydrogen) atoms. The maximum absolute atomic E-state index is 13.2. The molecule has 0 saturated heterocycles. The molecule has 2 aromatic rings. The lowest BCUT2D eigenvalue weighted by Crippen LogP contribution is -2.43. The van der Waals surface area contributed by atoms with E-state index in [2.05, 4.69) is 5.32 Å². The second-order valence-corrected chi connectivity index (χ2v) is 5.12. The Balaban J connectivity index is 2.16. The number of halogens is 1.